The maximum Gasteiger partial charge on any atom is 0.317 e. The topological polar surface area (TPSA) is 83.1 Å². The minimum absolute atomic E-state index is 0.0259. The molecule has 0 radical (unpaired) electrons. The van der Waals surface area contributed by atoms with Gasteiger partial charge in [0.15, 0.2) is 0 Å². The van der Waals surface area contributed by atoms with E-state index >= 15 is 0 Å². The smallest absolute Gasteiger partial charge is 0.317 e. The van der Waals surface area contributed by atoms with E-state index < -0.39 is 11.4 Å². The van der Waals surface area contributed by atoms with Crippen molar-refractivity contribution in [1.29, 1.82) is 0 Å². The monoisotopic (exact) mass is 507 g/mol. The van der Waals surface area contributed by atoms with Crippen molar-refractivity contribution >= 4 is 6.03 Å². The molecule has 0 aliphatic carbocycles. The predicted octanol–water partition coefficient (Wildman–Crippen LogP) is 4.45. The number of nitrogens with zero attached hydrogens (tertiary/aromatic N) is 1. The predicted molar refractivity (Wildman–Crippen MR) is 142 cm³/mol. The average molecular weight is 508 g/mol. The third-order valence-corrected chi connectivity index (χ3v) is 6.84. The molecule has 1 saturated heterocycles. The lowest BCUT2D eigenvalue weighted by molar-refractivity contribution is -0.0581. The summed E-state index contributed by atoms with van der Waals surface area (Å²) in [6.07, 6.45) is 5.88. The first-order valence-corrected chi connectivity index (χ1v) is 13.2. The van der Waals surface area contributed by atoms with Gasteiger partial charge in [0, 0.05) is 50.9 Å². The molecular formula is C28H46FN3O4. The minimum Gasteiger partial charge on any atom is -0.489 e. The molecular weight excluding hydrogens is 461 g/mol. The van der Waals surface area contributed by atoms with Crippen molar-refractivity contribution in [3.05, 3.63) is 42.2 Å². The van der Waals surface area contributed by atoms with Gasteiger partial charge in [-0.05, 0) is 69.7 Å². The summed E-state index contributed by atoms with van der Waals surface area (Å²) in [5, 5.41) is 18.5. The van der Waals surface area contributed by atoms with Gasteiger partial charge in [-0.15, -0.1) is 0 Å². The van der Waals surface area contributed by atoms with E-state index in [0.717, 1.165) is 25.7 Å². The average Bonchev–Trinajstić information content (AvgIpc) is 2.85. The molecule has 1 unspecified atom stereocenters. The third kappa shape index (κ3) is 8.75. The lowest BCUT2D eigenvalue weighted by Crippen LogP contribution is -2.54. The molecule has 1 aliphatic heterocycles. The zero-order valence-electron chi connectivity index (χ0n) is 22.5. The molecule has 1 aliphatic rings. The molecule has 36 heavy (non-hydrogen) atoms. The summed E-state index contributed by atoms with van der Waals surface area (Å²) >= 11 is 0. The summed E-state index contributed by atoms with van der Waals surface area (Å²) in [6.45, 7) is 10.5. The van der Waals surface area contributed by atoms with Gasteiger partial charge in [0.25, 0.3) is 0 Å². The molecule has 1 heterocycles. The molecule has 0 saturated carbocycles. The Balaban J connectivity index is 2.30. The SMILES string of the molecule is C=CCOc1ccc(F)cc1[C@](O)(CCCCOC)[C@@H]1CCCN(C(=O)NC(CNC)CC(C)C)C1. The number of halogens is 1. The van der Waals surface area contributed by atoms with Crippen LogP contribution in [0.4, 0.5) is 9.18 Å². The number of likely N-dealkylation sites (tertiary alicyclic amines) is 1. The van der Waals surface area contributed by atoms with Gasteiger partial charge >= 0.3 is 6.03 Å². The Bertz CT molecular complexity index is 822. The van der Waals surface area contributed by atoms with Crippen molar-refractivity contribution in [2.75, 3.05) is 47.0 Å². The Morgan fingerprint density at radius 2 is 2.17 bits per heavy atom. The highest BCUT2D eigenvalue weighted by Crippen LogP contribution is 2.43. The van der Waals surface area contributed by atoms with Crippen LogP contribution in [0.25, 0.3) is 0 Å². The Labute approximate surface area is 216 Å². The molecule has 0 bridgehead atoms. The number of carbonyl (C=O) groups excluding carboxylic acids is 1. The van der Waals surface area contributed by atoms with Gasteiger partial charge in [-0.25, -0.2) is 9.18 Å². The minimum atomic E-state index is -1.35. The Kier molecular flexibility index (Phi) is 12.7. The van der Waals surface area contributed by atoms with Crippen LogP contribution in [-0.2, 0) is 10.3 Å². The third-order valence-electron chi connectivity index (χ3n) is 6.84. The van der Waals surface area contributed by atoms with E-state index in [-0.39, 0.29) is 24.6 Å². The number of amides is 2. The molecule has 1 fully saturated rings. The Morgan fingerprint density at radius 3 is 2.83 bits per heavy atom. The second kappa shape index (κ2) is 15.2. The number of rotatable bonds is 15. The fraction of sp³-hybridized carbons (Fsp3) is 0.679. The summed E-state index contributed by atoms with van der Waals surface area (Å²) in [6, 6.07) is 4.18. The highest BCUT2D eigenvalue weighted by Gasteiger charge is 2.43. The van der Waals surface area contributed by atoms with Crippen molar-refractivity contribution in [1.82, 2.24) is 15.5 Å². The summed E-state index contributed by atoms with van der Waals surface area (Å²) in [7, 11) is 3.53. The van der Waals surface area contributed by atoms with E-state index in [9.17, 15) is 14.3 Å². The zero-order chi connectivity index (χ0) is 26.6. The lowest BCUT2D eigenvalue weighted by atomic mass is 9.73. The Morgan fingerprint density at radius 1 is 1.39 bits per heavy atom. The van der Waals surface area contributed by atoms with E-state index in [4.69, 9.17) is 9.47 Å². The first kappa shape index (κ1) is 30.1. The number of aliphatic hydroxyl groups is 1. The Hall–Kier alpha value is -2.16. The van der Waals surface area contributed by atoms with Crippen molar-refractivity contribution in [2.24, 2.45) is 11.8 Å². The molecule has 3 N–H and O–H groups in total. The highest BCUT2D eigenvalue weighted by molar-refractivity contribution is 5.74. The van der Waals surface area contributed by atoms with E-state index in [0.29, 0.717) is 56.3 Å². The molecule has 2 amide bonds. The van der Waals surface area contributed by atoms with Crippen LogP contribution < -0.4 is 15.4 Å². The second-order valence-electron chi connectivity index (χ2n) is 10.2. The number of unbranched alkanes of at least 4 members (excludes halogenated alkanes) is 1. The van der Waals surface area contributed by atoms with E-state index in [2.05, 4.69) is 31.1 Å². The number of hydrogen-bond donors (Lipinski definition) is 3. The summed E-state index contributed by atoms with van der Waals surface area (Å²) in [5.74, 6) is 0.204. The van der Waals surface area contributed by atoms with E-state index in [1.165, 1.54) is 12.1 Å². The standard InChI is InChI=1S/C28H46FN3O4/c1-6-15-36-26-12-11-23(29)18-25(26)28(34,13-7-8-16-35-5)22-10-9-14-32(20-22)27(33)31-24(19-30-4)17-21(2)3/h6,11-12,18,21-22,24,30,34H,1,7-10,13-17,19-20H2,2-5H3,(H,31,33)/t22-,24?,28+/m1/s1. The summed E-state index contributed by atoms with van der Waals surface area (Å²) < 4.78 is 25.5. The largest absolute Gasteiger partial charge is 0.489 e. The lowest BCUT2D eigenvalue weighted by Gasteiger charge is -2.43. The second-order valence-corrected chi connectivity index (χ2v) is 10.2. The molecule has 0 spiro atoms. The molecule has 3 atom stereocenters. The van der Waals surface area contributed by atoms with Gasteiger partial charge in [0.2, 0.25) is 0 Å². The zero-order valence-corrected chi connectivity index (χ0v) is 22.5. The summed E-state index contributed by atoms with van der Waals surface area (Å²) in [5.41, 5.74) is -0.921. The van der Waals surface area contributed by atoms with Crippen molar-refractivity contribution in [3.8, 4) is 5.75 Å². The van der Waals surface area contributed by atoms with Crippen LogP contribution in [0.5, 0.6) is 5.75 Å². The number of benzene rings is 1. The number of ether oxygens (including phenoxy) is 2. The van der Waals surface area contributed by atoms with Crippen LogP contribution >= 0.6 is 0 Å². The van der Waals surface area contributed by atoms with E-state index in [1.807, 2.05) is 7.05 Å². The number of methoxy groups -OCH3 is 1. The van der Waals surface area contributed by atoms with Gasteiger partial charge in [-0.1, -0.05) is 26.5 Å². The number of carbonyl (C=O) groups is 1. The van der Waals surface area contributed by atoms with E-state index in [1.54, 1.807) is 24.2 Å². The van der Waals surface area contributed by atoms with Crippen LogP contribution in [0.3, 0.4) is 0 Å². The fourth-order valence-corrected chi connectivity index (χ4v) is 5.14. The van der Waals surface area contributed by atoms with Gasteiger partial charge in [0.1, 0.15) is 18.2 Å². The van der Waals surface area contributed by atoms with Crippen molar-refractivity contribution in [2.45, 2.75) is 64.0 Å². The fourth-order valence-electron chi connectivity index (χ4n) is 5.14. The first-order valence-electron chi connectivity index (χ1n) is 13.2. The maximum atomic E-state index is 14.4. The van der Waals surface area contributed by atoms with Crippen LogP contribution in [0, 0.1) is 17.7 Å². The van der Waals surface area contributed by atoms with Crippen molar-refractivity contribution < 1.29 is 23.8 Å². The highest BCUT2D eigenvalue weighted by atomic mass is 19.1. The van der Waals surface area contributed by atoms with Crippen molar-refractivity contribution in [3.63, 3.8) is 0 Å². The van der Waals surface area contributed by atoms with Gasteiger partial charge < -0.3 is 30.1 Å². The van der Waals surface area contributed by atoms with Gasteiger partial charge in [-0.3, -0.25) is 0 Å². The van der Waals surface area contributed by atoms with Crippen LogP contribution in [0.1, 0.15) is 57.9 Å². The first-order chi connectivity index (χ1) is 17.2. The molecule has 2 rings (SSSR count). The van der Waals surface area contributed by atoms with Crippen LogP contribution in [0.15, 0.2) is 30.9 Å². The quantitative estimate of drug-likeness (QED) is 0.241. The number of nitrogens with one attached hydrogen (secondary N) is 2. The number of likely N-dealkylation sites (N-methyl/N-ethyl adjacent to an activating group) is 1. The maximum absolute atomic E-state index is 14.4. The number of piperidine rings is 1. The normalized spacial score (nSPS) is 18.5. The van der Waals surface area contributed by atoms with Gasteiger partial charge in [0.05, 0.1) is 5.60 Å². The molecule has 8 heteroatoms. The summed E-state index contributed by atoms with van der Waals surface area (Å²) in [4.78, 5) is 15.0. The number of hydrogen-bond acceptors (Lipinski definition) is 5. The van der Waals surface area contributed by atoms with Crippen LogP contribution in [-0.4, -0.2) is 69.1 Å². The van der Waals surface area contributed by atoms with Crippen LogP contribution in [0.2, 0.25) is 0 Å². The molecule has 1 aromatic rings. The number of urea groups is 1. The molecule has 204 valence electrons. The molecule has 1 aromatic carbocycles. The molecule has 7 nitrogen and oxygen atoms in total. The van der Waals surface area contributed by atoms with Gasteiger partial charge in [-0.2, -0.15) is 0 Å². The molecule has 0 aromatic heterocycles.